The molecule has 0 aromatic heterocycles. The maximum absolute atomic E-state index is 11.9. The van der Waals surface area contributed by atoms with E-state index in [0.29, 0.717) is 31.7 Å². The van der Waals surface area contributed by atoms with Gasteiger partial charge in [-0.3, -0.25) is 4.79 Å². The second-order valence-corrected chi connectivity index (χ2v) is 8.27. The monoisotopic (exact) mass is 527 g/mol. The van der Waals surface area contributed by atoms with Gasteiger partial charge in [-0.1, -0.05) is 0 Å². The van der Waals surface area contributed by atoms with Crippen LogP contribution in [0.3, 0.4) is 0 Å². The van der Waals surface area contributed by atoms with Crippen LogP contribution in [0.4, 0.5) is 4.79 Å². The number of ether oxygens (including phenoxy) is 1. The largest absolute Gasteiger partial charge is 0.450 e. The Hall–Kier alpha value is -0.910. The third-order valence-corrected chi connectivity index (χ3v) is 5.95. The third kappa shape index (κ3) is 8.62. The number of piperidine rings is 1. The predicted octanol–water partition coefficient (Wildman–Crippen LogP) is 1.74. The topological polar surface area (TPSA) is 86.3 Å². The van der Waals surface area contributed by atoms with E-state index in [1.165, 1.54) is 12.2 Å². The van der Waals surface area contributed by atoms with Crippen LogP contribution in [-0.4, -0.2) is 91.7 Å². The average Bonchev–Trinajstić information content (AvgIpc) is 2.67. The molecule has 0 aromatic carbocycles. The van der Waals surface area contributed by atoms with Crippen LogP contribution in [0.15, 0.2) is 4.99 Å². The number of halogens is 1. The Bertz CT molecular complexity index is 521. The molecular formula is C18H34IN5O3S. The van der Waals surface area contributed by atoms with Gasteiger partial charge in [0, 0.05) is 45.0 Å². The molecule has 0 aromatic rings. The molecule has 2 aliphatic heterocycles. The molecular weight excluding hydrogens is 493 g/mol. The van der Waals surface area contributed by atoms with Gasteiger partial charge in [-0.2, -0.15) is 11.8 Å². The fourth-order valence-electron chi connectivity index (χ4n) is 3.08. The van der Waals surface area contributed by atoms with Crippen molar-refractivity contribution in [3.63, 3.8) is 0 Å². The lowest BCUT2D eigenvalue weighted by Gasteiger charge is -2.33. The number of thioether (sulfide) groups is 1. The van der Waals surface area contributed by atoms with E-state index in [0.717, 1.165) is 25.0 Å². The quantitative estimate of drug-likeness (QED) is 0.322. The van der Waals surface area contributed by atoms with Crippen LogP contribution < -0.4 is 10.6 Å². The fourth-order valence-corrected chi connectivity index (χ4v) is 4.16. The summed E-state index contributed by atoms with van der Waals surface area (Å²) >= 11 is 1.95. The lowest BCUT2D eigenvalue weighted by Crippen LogP contribution is -2.52. The molecule has 0 radical (unpaired) electrons. The summed E-state index contributed by atoms with van der Waals surface area (Å²) < 4.78 is 5.07. The normalized spacial score (nSPS) is 20.8. The molecule has 2 aliphatic rings. The van der Waals surface area contributed by atoms with E-state index < -0.39 is 0 Å². The number of carbonyl (C=O) groups is 2. The Morgan fingerprint density at radius 1 is 1.18 bits per heavy atom. The second-order valence-electron chi connectivity index (χ2n) is 7.12. The molecule has 8 nitrogen and oxygen atoms in total. The highest BCUT2D eigenvalue weighted by Gasteiger charge is 2.25. The van der Waals surface area contributed by atoms with Gasteiger partial charge in [-0.15, -0.1) is 24.0 Å². The van der Waals surface area contributed by atoms with Gasteiger partial charge in [0.15, 0.2) is 5.96 Å². The molecule has 2 N–H and O–H groups in total. The zero-order valence-electron chi connectivity index (χ0n) is 17.1. The lowest BCUT2D eigenvalue weighted by molar-refractivity contribution is -0.127. The molecule has 0 saturated carbocycles. The highest BCUT2D eigenvalue weighted by atomic mass is 127. The highest BCUT2D eigenvalue weighted by molar-refractivity contribution is 14.0. The molecule has 1 atom stereocenters. The van der Waals surface area contributed by atoms with Crippen LogP contribution in [-0.2, 0) is 9.53 Å². The van der Waals surface area contributed by atoms with Crippen LogP contribution in [0, 0.1) is 0 Å². The van der Waals surface area contributed by atoms with Crippen LogP contribution in [0.2, 0.25) is 0 Å². The summed E-state index contributed by atoms with van der Waals surface area (Å²) in [6.45, 7) is 3.68. The zero-order valence-corrected chi connectivity index (χ0v) is 20.3. The molecule has 10 heteroatoms. The Balaban J connectivity index is 0.00000392. The molecule has 28 heavy (non-hydrogen) atoms. The molecule has 2 amide bonds. The smallest absolute Gasteiger partial charge is 0.409 e. The van der Waals surface area contributed by atoms with Crippen LogP contribution >= 0.6 is 35.7 Å². The highest BCUT2D eigenvalue weighted by Crippen LogP contribution is 2.17. The minimum atomic E-state index is -0.237. The molecule has 0 aliphatic carbocycles. The Kier molecular flexibility index (Phi) is 12.0. The number of aliphatic imine (C=N–C) groups is 1. The molecule has 0 bridgehead atoms. The SMILES string of the molecule is CCOC(=O)N1CCC(NC(=NCC(=O)N(C)C)NC2CCCSC2)CC1.I. The number of nitrogens with zero attached hydrogens (tertiary/aromatic N) is 3. The first kappa shape index (κ1) is 25.1. The molecule has 2 heterocycles. The summed E-state index contributed by atoms with van der Waals surface area (Å²) in [6, 6.07) is 0.608. The molecule has 0 spiro atoms. The van der Waals surface area contributed by atoms with E-state index in [1.807, 2.05) is 18.7 Å². The fraction of sp³-hybridized carbons (Fsp3) is 0.833. The number of likely N-dealkylation sites (N-methyl/N-ethyl adjacent to an activating group) is 1. The number of rotatable bonds is 5. The maximum atomic E-state index is 11.9. The van der Waals surface area contributed by atoms with Gasteiger partial charge in [0.05, 0.1) is 6.61 Å². The number of hydrogen-bond acceptors (Lipinski definition) is 5. The maximum Gasteiger partial charge on any atom is 0.409 e. The Labute approximate surface area is 189 Å². The standard InChI is InChI=1S/C18H33N5O3S.HI/c1-4-26-18(25)23-9-7-14(8-10-23)20-17(19-12-16(24)22(2)3)21-15-6-5-11-27-13-15;/h14-15H,4-13H2,1-3H3,(H2,19,20,21);1H. The average molecular weight is 527 g/mol. The van der Waals surface area contributed by atoms with Gasteiger partial charge in [-0.05, 0) is 38.4 Å². The van der Waals surface area contributed by atoms with Gasteiger partial charge in [0.2, 0.25) is 5.91 Å². The van der Waals surface area contributed by atoms with Gasteiger partial charge < -0.3 is 25.2 Å². The predicted molar refractivity (Wildman–Crippen MR) is 125 cm³/mol. The van der Waals surface area contributed by atoms with Crippen LogP contribution in [0.1, 0.15) is 32.6 Å². The minimum Gasteiger partial charge on any atom is -0.450 e. The van der Waals surface area contributed by atoms with Crippen molar-refractivity contribution >= 4 is 53.7 Å². The first-order valence-electron chi connectivity index (χ1n) is 9.76. The van der Waals surface area contributed by atoms with Crippen LogP contribution in [0.25, 0.3) is 0 Å². The van der Waals surface area contributed by atoms with Gasteiger partial charge >= 0.3 is 6.09 Å². The van der Waals surface area contributed by atoms with Crippen molar-refractivity contribution in [2.24, 2.45) is 4.99 Å². The summed E-state index contributed by atoms with van der Waals surface area (Å²) in [6.07, 6.45) is 3.75. The number of likely N-dealkylation sites (tertiary alicyclic amines) is 1. The molecule has 2 rings (SSSR count). The van der Waals surface area contributed by atoms with Crippen molar-refractivity contribution in [3.8, 4) is 0 Å². The van der Waals surface area contributed by atoms with Crippen molar-refractivity contribution in [3.05, 3.63) is 0 Å². The molecule has 162 valence electrons. The lowest BCUT2D eigenvalue weighted by atomic mass is 10.1. The zero-order chi connectivity index (χ0) is 19.6. The first-order valence-corrected chi connectivity index (χ1v) is 10.9. The second kappa shape index (κ2) is 13.3. The van der Waals surface area contributed by atoms with Crippen molar-refractivity contribution in [2.45, 2.75) is 44.7 Å². The van der Waals surface area contributed by atoms with Gasteiger partial charge in [0.1, 0.15) is 6.54 Å². The number of nitrogens with one attached hydrogen (secondary N) is 2. The third-order valence-electron chi connectivity index (χ3n) is 4.73. The van der Waals surface area contributed by atoms with Gasteiger partial charge in [0.25, 0.3) is 0 Å². The summed E-state index contributed by atoms with van der Waals surface area (Å²) in [7, 11) is 3.47. The van der Waals surface area contributed by atoms with E-state index in [-0.39, 0.29) is 48.6 Å². The summed E-state index contributed by atoms with van der Waals surface area (Å²) in [5.41, 5.74) is 0. The van der Waals surface area contributed by atoms with Crippen molar-refractivity contribution in [1.29, 1.82) is 0 Å². The summed E-state index contributed by atoms with van der Waals surface area (Å²) in [4.78, 5) is 31.6. The molecule has 1 unspecified atom stereocenters. The van der Waals surface area contributed by atoms with Gasteiger partial charge in [-0.25, -0.2) is 9.79 Å². The van der Waals surface area contributed by atoms with Crippen LogP contribution in [0.5, 0.6) is 0 Å². The van der Waals surface area contributed by atoms with Crippen molar-refractivity contribution in [2.75, 3.05) is 51.8 Å². The molecule has 2 fully saturated rings. The van der Waals surface area contributed by atoms with Crippen molar-refractivity contribution in [1.82, 2.24) is 20.4 Å². The van der Waals surface area contributed by atoms with E-state index in [2.05, 4.69) is 15.6 Å². The number of guanidine groups is 1. The van der Waals surface area contributed by atoms with E-state index in [4.69, 9.17) is 4.74 Å². The number of carbonyl (C=O) groups excluding carboxylic acids is 2. The van der Waals surface area contributed by atoms with Crippen molar-refractivity contribution < 1.29 is 14.3 Å². The minimum absolute atomic E-state index is 0. The number of amides is 2. The summed E-state index contributed by atoms with van der Waals surface area (Å²) in [5.74, 6) is 2.95. The van der Waals surface area contributed by atoms with E-state index in [9.17, 15) is 9.59 Å². The van der Waals surface area contributed by atoms with E-state index in [1.54, 1.807) is 23.9 Å². The number of hydrogen-bond donors (Lipinski definition) is 2. The van der Waals surface area contributed by atoms with E-state index >= 15 is 0 Å². The first-order chi connectivity index (χ1) is 13.0. The Morgan fingerprint density at radius 2 is 1.86 bits per heavy atom. The molecule has 2 saturated heterocycles. The Morgan fingerprint density at radius 3 is 2.43 bits per heavy atom. The summed E-state index contributed by atoms with van der Waals surface area (Å²) in [5, 5.41) is 6.96.